The third-order valence-corrected chi connectivity index (χ3v) is 4.96. The Kier molecular flexibility index (Phi) is 4.48. The summed E-state index contributed by atoms with van der Waals surface area (Å²) in [4.78, 5) is 20.0. The van der Waals surface area contributed by atoms with Crippen LogP contribution in [0.2, 0.25) is 0 Å². The molecule has 1 fully saturated rings. The summed E-state index contributed by atoms with van der Waals surface area (Å²) in [7, 11) is 0. The summed E-state index contributed by atoms with van der Waals surface area (Å²) in [6.45, 7) is 1.94. The van der Waals surface area contributed by atoms with E-state index in [-0.39, 0.29) is 11.2 Å². The van der Waals surface area contributed by atoms with Crippen LogP contribution in [0.15, 0.2) is 29.4 Å². The lowest BCUT2D eigenvalue weighted by Crippen LogP contribution is -2.40. The second-order valence-electron chi connectivity index (χ2n) is 5.66. The second kappa shape index (κ2) is 6.52. The molecule has 4 nitrogen and oxygen atoms in total. The number of hydrogen-bond donors (Lipinski definition) is 2. The van der Waals surface area contributed by atoms with Crippen molar-refractivity contribution >= 4 is 28.7 Å². The number of nitrogens with one attached hydrogen (secondary N) is 2. The molecule has 1 atom stereocenters. The van der Waals surface area contributed by atoms with Crippen molar-refractivity contribution in [2.24, 2.45) is 0 Å². The van der Waals surface area contributed by atoms with Gasteiger partial charge < -0.3 is 10.3 Å². The van der Waals surface area contributed by atoms with Crippen LogP contribution < -0.4 is 5.32 Å². The van der Waals surface area contributed by atoms with Crippen molar-refractivity contribution in [1.29, 1.82) is 0 Å². The Bertz CT molecular complexity index is 586. The second-order valence-corrected chi connectivity index (χ2v) is 6.99. The van der Waals surface area contributed by atoms with Crippen molar-refractivity contribution in [3.63, 3.8) is 0 Å². The van der Waals surface area contributed by atoms with Crippen molar-refractivity contribution in [3.8, 4) is 0 Å². The fraction of sp³-hybridized carbons (Fsp3) is 0.500. The van der Waals surface area contributed by atoms with E-state index in [9.17, 15) is 4.79 Å². The van der Waals surface area contributed by atoms with E-state index in [2.05, 4.69) is 15.3 Å². The van der Waals surface area contributed by atoms with Crippen LogP contribution in [0, 0.1) is 0 Å². The van der Waals surface area contributed by atoms with E-state index in [0.717, 1.165) is 29.0 Å². The number of H-pyrrole nitrogens is 1. The van der Waals surface area contributed by atoms with Gasteiger partial charge in [0.2, 0.25) is 5.91 Å². The minimum Gasteiger partial charge on any atom is -0.352 e. The van der Waals surface area contributed by atoms with Crippen LogP contribution in [-0.4, -0.2) is 27.2 Å². The Morgan fingerprint density at radius 2 is 2.10 bits per heavy atom. The van der Waals surface area contributed by atoms with Gasteiger partial charge in [0.25, 0.3) is 0 Å². The molecule has 0 spiro atoms. The van der Waals surface area contributed by atoms with Crippen LogP contribution >= 0.6 is 11.8 Å². The molecule has 0 aliphatic heterocycles. The molecule has 3 rings (SSSR count). The molecule has 1 amide bonds. The summed E-state index contributed by atoms with van der Waals surface area (Å²) in [5.41, 5.74) is 1.96. The molecular weight excluding hydrogens is 282 g/mol. The number of hydrogen-bond acceptors (Lipinski definition) is 3. The molecule has 21 heavy (non-hydrogen) atoms. The summed E-state index contributed by atoms with van der Waals surface area (Å²) in [6.07, 6.45) is 6.00. The highest BCUT2D eigenvalue weighted by Gasteiger charge is 2.21. The number of amides is 1. The van der Waals surface area contributed by atoms with Gasteiger partial charge in [0.15, 0.2) is 5.16 Å². The number of nitrogens with zero attached hydrogens (tertiary/aromatic N) is 1. The van der Waals surface area contributed by atoms with E-state index >= 15 is 0 Å². The largest absolute Gasteiger partial charge is 0.352 e. The fourth-order valence-electron chi connectivity index (χ4n) is 2.77. The number of carbonyl (C=O) groups excluding carboxylic acids is 1. The number of aromatic nitrogens is 2. The molecule has 0 bridgehead atoms. The first-order valence-corrected chi connectivity index (χ1v) is 8.52. The van der Waals surface area contributed by atoms with Crippen molar-refractivity contribution in [2.45, 2.75) is 55.5 Å². The van der Waals surface area contributed by atoms with E-state index in [4.69, 9.17) is 0 Å². The van der Waals surface area contributed by atoms with Gasteiger partial charge in [-0.05, 0) is 31.9 Å². The van der Waals surface area contributed by atoms with Crippen LogP contribution in [-0.2, 0) is 4.79 Å². The Hall–Kier alpha value is -1.49. The molecule has 1 aliphatic rings. The molecule has 1 aliphatic carbocycles. The number of carbonyl (C=O) groups is 1. The molecule has 2 aromatic rings. The van der Waals surface area contributed by atoms with Gasteiger partial charge in [0.05, 0.1) is 16.3 Å². The van der Waals surface area contributed by atoms with E-state index in [1.54, 1.807) is 0 Å². The smallest absolute Gasteiger partial charge is 0.233 e. The molecule has 5 heteroatoms. The van der Waals surface area contributed by atoms with Crippen molar-refractivity contribution in [2.75, 3.05) is 0 Å². The first-order chi connectivity index (χ1) is 10.2. The summed E-state index contributed by atoms with van der Waals surface area (Å²) in [5, 5.41) is 3.85. The first kappa shape index (κ1) is 14.4. The van der Waals surface area contributed by atoms with Gasteiger partial charge in [-0.2, -0.15) is 0 Å². The van der Waals surface area contributed by atoms with E-state index in [0.29, 0.717) is 6.04 Å². The normalized spacial score (nSPS) is 17.8. The van der Waals surface area contributed by atoms with Gasteiger partial charge in [-0.1, -0.05) is 43.2 Å². The van der Waals surface area contributed by atoms with Gasteiger partial charge in [-0.3, -0.25) is 4.79 Å². The number of aromatic amines is 1. The molecule has 0 saturated heterocycles. The topological polar surface area (TPSA) is 57.8 Å². The number of rotatable bonds is 4. The lowest BCUT2D eigenvalue weighted by molar-refractivity contribution is -0.121. The zero-order chi connectivity index (χ0) is 14.7. The maximum absolute atomic E-state index is 12.3. The number of para-hydroxylation sites is 2. The molecule has 1 aromatic heterocycles. The Balaban J connectivity index is 1.59. The Morgan fingerprint density at radius 1 is 1.33 bits per heavy atom. The Morgan fingerprint density at radius 3 is 2.86 bits per heavy atom. The standard InChI is InChI=1S/C16H21N3OS/c1-11(15(20)17-12-7-3-2-4-8-12)21-16-18-13-9-5-6-10-14(13)19-16/h5-6,9-12H,2-4,7-8H2,1H3,(H,17,20)(H,18,19). The van der Waals surface area contributed by atoms with Crippen LogP contribution in [0.4, 0.5) is 0 Å². The molecule has 1 saturated carbocycles. The highest BCUT2D eigenvalue weighted by atomic mass is 32.2. The van der Waals surface area contributed by atoms with Crippen LogP contribution in [0.1, 0.15) is 39.0 Å². The van der Waals surface area contributed by atoms with Crippen LogP contribution in [0.3, 0.4) is 0 Å². The fourth-order valence-corrected chi connectivity index (χ4v) is 3.60. The SMILES string of the molecule is CC(Sc1nc2ccccc2[nH]1)C(=O)NC1CCCCC1. The first-order valence-electron chi connectivity index (χ1n) is 7.64. The lowest BCUT2D eigenvalue weighted by Gasteiger charge is -2.24. The van der Waals surface area contributed by atoms with Gasteiger partial charge >= 0.3 is 0 Å². The maximum atomic E-state index is 12.3. The molecule has 2 N–H and O–H groups in total. The van der Waals surface area contributed by atoms with Gasteiger partial charge in [-0.15, -0.1) is 0 Å². The zero-order valence-corrected chi connectivity index (χ0v) is 13.1. The average Bonchev–Trinajstić information content (AvgIpc) is 2.90. The summed E-state index contributed by atoms with van der Waals surface area (Å²) in [6, 6.07) is 8.29. The van der Waals surface area contributed by atoms with Crippen molar-refractivity contribution < 1.29 is 4.79 Å². The number of imidazole rings is 1. The summed E-state index contributed by atoms with van der Waals surface area (Å²) in [5.74, 6) is 0.118. The van der Waals surface area contributed by atoms with Gasteiger partial charge in [0, 0.05) is 6.04 Å². The lowest BCUT2D eigenvalue weighted by atomic mass is 9.95. The van der Waals surface area contributed by atoms with E-state index in [1.807, 2.05) is 31.2 Å². The third kappa shape index (κ3) is 3.59. The molecule has 1 heterocycles. The third-order valence-electron chi connectivity index (χ3n) is 3.98. The number of thioether (sulfide) groups is 1. The molecule has 0 radical (unpaired) electrons. The van der Waals surface area contributed by atoms with Crippen LogP contribution in [0.5, 0.6) is 0 Å². The number of benzene rings is 1. The summed E-state index contributed by atoms with van der Waals surface area (Å²) < 4.78 is 0. The average molecular weight is 303 g/mol. The zero-order valence-electron chi connectivity index (χ0n) is 12.3. The highest BCUT2D eigenvalue weighted by Crippen LogP contribution is 2.24. The minimum absolute atomic E-state index is 0.118. The monoisotopic (exact) mass is 303 g/mol. The predicted molar refractivity (Wildman–Crippen MR) is 86.4 cm³/mol. The van der Waals surface area contributed by atoms with E-state index < -0.39 is 0 Å². The predicted octanol–water partition coefficient (Wildman–Crippen LogP) is 3.49. The van der Waals surface area contributed by atoms with E-state index in [1.165, 1.54) is 31.0 Å². The summed E-state index contributed by atoms with van der Waals surface area (Å²) >= 11 is 1.49. The molecule has 1 unspecified atom stereocenters. The van der Waals surface area contributed by atoms with Crippen LogP contribution in [0.25, 0.3) is 11.0 Å². The van der Waals surface area contributed by atoms with Crippen molar-refractivity contribution in [3.05, 3.63) is 24.3 Å². The maximum Gasteiger partial charge on any atom is 0.233 e. The minimum atomic E-state index is -0.132. The van der Waals surface area contributed by atoms with Crippen molar-refractivity contribution in [1.82, 2.24) is 15.3 Å². The Labute approximate surface area is 129 Å². The highest BCUT2D eigenvalue weighted by molar-refractivity contribution is 8.00. The molecule has 1 aromatic carbocycles. The van der Waals surface area contributed by atoms with Gasteiger partial charge in [-0.25, -0.2) is 4.98 Å². The quantitative estimate of drug-likeness (QED) is 0.850. The number of fused-ring (bicyclic) bond motifs is 1. The molecular formula is C16H21N3OS. The van der Waals surface area contributed by atoms with Gasteiger partial charge in [0.1, 0.15) is 0 Å². The molecule has 112 valence electrons.